The smallest absolute Gasteiger partial charge is 0.275 e. The van der Waals surface area contributed by atoms with Gasteiger partial charge in [-0.05, 0) is 44.1 Å². The Morgan fingerprint density at radius 3 is 2.66 bits per heavy atom. The van der Waals surface area contributed by atoms with Crippen LogP contribution in [0.15, 0.2) is 29.2 Å². The van der Waals surface area contributed by atoms with Gasteiger partial charge in [-0.2, -0.15) is 0 Å². The van der Waals surface area contributed by atoms with Gasteiger partial charge in [-0.1, -0.05) is 19.4 Å². The Morgan fingerprint density at radius 2 is 1.94 bits per heavy atom. The van der Waals surface area contributed by atoms with Gasteiger partial charge in [0.1, 0.15) is 17.2 Å². The van der Waals surface area contributed by atoms with Gasteiger partial charge in [-0.3, -0.25) is 14.4 Å². The molecule has 3 fully saturated rings. The molecule has 1 saturated carbocycles. The average molecular weight is 486 g/mol. The molecule has 4 heterocycles. The third-order valence-corrected chi connectivity index (χ3v) is 7.54. The lowest BCUT2D eigenvalue weighted by atomic mass is 9.73. The van der Waals surface area contributed by atoms with Crippen LogP contribution in [0.3, 0.4) is 0 Å². The van der Waals surface area contributed by atoms with Crippen molar-refractivity contribution in [2.24, 2.45) is 5.92 Å². The summed E-state index contributed by atoms with van der Waals surface area (Å²) in [7, 11) is 0. The lowest BCUT2D eigenvalue weighted by Gasteiger charge is -2.54. The molecule has 1 N–H and O–H groups in total. The standard InChI is InChI=1S/C26H29F2N3O4/c1-2-3-10-35-24-22-26(34)31-18-8-5-15(6-9-18)21(31)14-30(22)13-19(23(24)32)25(33)29-12-16-4-7-17(27)11-20(16)28/h4,7,11,13,15,18,21H,2-3,5-6,8-10,12,14H2,1H3,(H,29,33)/t15-,18+,21-/m0/s1. The first-order valence-corrected chi connectivity index (χ1v) is 12.3. The van der Waals surface area contributed by atoms with Gasteiger partial charge >= 0.3 is 0 Å². The SMILES string of the molecule is CCCCOc1c2n(cc(C(=O)NCc3ccc(F)cc3F)c1=O)C[C@H]1[C@H]3CC[C@H](CC3)N1C2=O. The number of piperidine rings is 2. The van der Waals surface area contributed by atoms with Crippen molar-refractivity contribution >= 4 is 11.8 Å². The topological polar surface area (TPSA) is 80.6 Å². The minimum absolute atomic E-state index is 0.0396. The highest BCUT2D eigenvalue weighted by Gasteiger charge is 2.48. The summed E-state index contributed by atoms with van der Waals surface area (Å²) in [6, 6.07) is 3.31. The Hall–Kier alpha value is -3.23. The fourth-order valence-electron chi connectivity index (χ4n) is 5.69. The van der Waals surface area contributed by atoms with Gasteiger partial charge in [-0.25, -0.2) is 8.78 Å². The zero-order chi connectivity index (χ0) is 24.7. The van der Waals surface area contributed by atoms with Crippen LogP contribution in [0.4, 0.5) is 8.78 Å². The number of rotatable bonds is 7. The molecule has 4 aliphatic rings. The first kappa shape index (κ1) is 23.5. The van der Waals surface area contributed by atoms with E-state index in [0.29, 0.717) is 18.9 Å². The summed E-state index contributed by atoms with van der Waals surface area (Å²) in [5.41, 5.74) is -0.513. The molecule has 35 heavy (non-hydrogen) atoms. The van der Waals surface area contributed by atoms with Crippen LogP contribution < -0.4 is 15.5 Å². The monoisotopic (exact) mass is 485 g/mol. The number of ether oxygens (including phenoxy) is 1. The van der Waals surface area contributed by atoms with Crippen LogP contribution in [0.2, 0.25) is 0 Å². The maximum Gasteiger partial charge on any atom is 0.275 e. The molecule has 1 aliphatic carbocycles. The largest absolute Gasteiger partial charge is 0.487 e. The van der Waals surface area contributed by atoms with E-state index in [-0.39, 0.29) is 53.7 Å². The van der Waals surface area contributed by atoms with Crippen molar-refractivity contribution in [2.75, 3.05) is 6.61 Å². The normalized spacial score (nSPS) is 22.5. The number of unbranched alkanes of at least 4 members (excludes halogenated alkanes) is 1. The molecule has 0 unspecified atom stereocenters. The van der Waals surface area contributed by atoms with Crippen LogP contribution in [0.25, 0.3) is 0 Å². The summed E-state index contributed by atoms with van der Waals surface area (Å²) in [4.78, 5) is 41.9. The number of aromatic nitrogens is 1. The van der Waals surface area contributed by atoms with Crippen LogP contribution in [0, 0.1) is 17.6 Å². The van der Waals surface area contributed by atoms with Gasteiger partial charge in [0.25, 0.3) is 11.8 Å². The van der Waals surface area contributed by atoms with Crippen LogP contribution in [0.1, 0.15) is 71.9 Å². The van der Waals surface area contributed by atoms with Gasteiger partial charge < -0.3 is 19.5 Å². The van der Waals surface area contributed by atoms with E-state index in [4.69, 9.17) is 4.74 Å². The molecular weight excluding hydrogens is 456 g/mol. The third-order valence-electron chi connectivity index (χ3n) is 7.54. The molecule has 3 aliphatic heterocycles. The fraction of sp³-hybridized carbons (Fsp3) is 0.500. The minimum atomic E-state index is -0.783. The number of nitrogens with zero attached hydrogens (tertiary/aromatic N) is 2. The van der Waals surface area contributed by atoms with Crippen LogP contribution in [-0.4, -0.2) is 40.0 Å². The lowest BCUT2D eigenvalue weighted by molar-refractivity contribution is -0.0182. The number of amides is 2. The fourth-order valence-corrected chi connectivity index (χ4v) is 5.69. The number of pyridine rings is 1. The number of fused-ring (bicyclic) bond motifs is 3. The Balaban J connectivity index is 1.49. The zero-order valence-corrected chi connectivity index (χ0v) is 19.7. The van der Waals surface area contributed by atoms with E-state index in [0.717, 1.165) is 44.2 Å². The van der Waals surface area contributed by atoms with E-state index in [1.807, 2.05) is 11.8 Å². The third kappa shape index (κ3) is 4.21. The summed E-state index contributed by atoms with van der Waals surface area (Å²) < 4.78 is 34.7. The zero-order valence-electron chi connectivity index (χ0n) is 19.7. The molecule has 1 aromatic carbocycles. The summed E-state index contributed by atoms with van der Waals surface area (Å²) in [6.45, 7) is 2.54. The van der Waals surface area contributed by atoms with E-state index in [1.54, 1.807) is 4.57 Å². The molecule has 1 atom stereocenters. The Morgan fingerprint density at radius 1 is 1.17 bits per heavy atom. The molecule has 0 radical (unpaired) electrons. The molecule has 6 rings (SSSR count). The first-order chi connectivity index (χ1) is 16.9. The van der Waals surface area contributed by atoms with Gasteiger partial charge in [-0.15, -0.1) is 0 Å². The summed E-state index contributed by atoms with van der Waals surface area (Å²) in [6.07, 6.45) is 7.07. The van der Waals surface area contributed by atoms with E-state index in [9.17, 15) is 23.2 Å². The number of carbonyl (C=O) groups excluding carboxylic acids is 2. The molecule has 9 heteroatoms. The number of hydrogen-bond donors (Lipinski definition) is 1. The van der Waals surface area contributed by atoms with Crippen molar-refractivity contribution in [1.82, 2.24) is 14.8 Å². The molecule has 7 nitrogen and oxygen atoms in total. The predicted molar refractivity (Wildman–Crippen MR) is 124 cm³/mol. The van der Waals surface area contributed by atoms with Crippen molar-refractivity contribution in [3.8, 4) is 5.75 Å². The molecule has 2 bridgehead atoms. The van der Waals surface area contributed by atoms with Gasteiger partial charge in [0.05, 0.1) is 12.6 Å². The van der Waals surface area contributed by atoms with E-state index >= 15 is 0 Å². The number of hydrogen-bond acceptors (Lipinski definition) is 4. The Kier molecular flexibility index (Phi) is 6.34. The van der Waals surface area contributed by atoms with Crippen molar-refractivity contribution < 1.29 is 23.1 Å². The number of benzene rings is 1. The minimum Gasteiger partial charge on any atom is -0.487 e. The number of halogens is 2. The number of carbonyl (C=O) groups is 2. The Bertz CT molecular complexity index is 1220. The molecule has 2 amide bonds. The first-order valence-electron chi connectivity index (χ1n) is 12.3. The summed E-state index contributed by atoms with van der Waals surface area (Å²) >= 11 is 0. The highest BCUT2D eigenvalue weighted by atomic mass is 19.1. The molecule has 1 aromatic heterocycles. The molecule has 2 aromatic rings. The second-order valence-electron chi connectivity index (χ2n) is 9.67. The molecule has 186 valence electrons. The molecular formula is C26H29F2N3O4. The van der Waals surface area contributed by atoms with Crippen molar-refractivity contribution in [1.29, 1.82) is 0 Å². The lowest BCUT2D eigenvalue weighted by Crippen LogP contribution is -2.62. The van der Waals surface area contributed by atoms with Crippen LogP contribution >= 0.6 is 0 Å². The highest BCUT2D eigenvalue weighted by molar-refractivity contribution is 5.99. The van der Waals surface area contributed by atoms with Gasteiger partial charge in [0.2, 0.25) is 5.43 Å². The van der Waals surface area contributed by atoms with Gasteiger partial charge in [0.15, 0.2) is 11.4 Å². The summed E-state index contributed by atoms with van der Waals surface area (Å²) in [5.74, 6) is -2.10. The van der Waals surface area contributed by atoms with Crippen LogP contribution in [-0.2, 0) is 13.1 Å². The second kappa shape index (κ2) is 9.43. The van der Waals surface area contributed by atoms with E-state index < -0.39 is 23.0 Å². The molecule has 2 saturated heterocycles. The van der Waals surface area contributed by atoms with E-state index in [2.05, 4.69) is 5.32 Å². The Labute approximate surface area is 202 Å². The quantitative estimate of drug-likeness (QED) is 0.608. The molecule has 0 spiro atoms. The number of nitrogens with one attached hydrogen (secondary N) is 1. The van der Waals surface area contributed by atoms with Gasteiger partial charge in [0, 0.05) is 37.0 Å². The maximum atomic E-state index is 14.0. The maximum absolute atomic E-state index is 14.0. The van der Waals surface area contributed by atoms with Crippen molar-refractivity contribution in [3.63, 3.8) is 0 Å². The van der Waals surface area contributed by atoms with Crippen molar-refractivity contribution in [2.45, 2.75) is 70.6 Å². The van der Waals surface area contributed by atoms with Crippen LogP contribution in [0.5, 0.6) is 5.75 Å². The predicted octanol–water partition coefficient (Wildman–Crippen LogP) is 3.63. The average Bonchev–Trinajstić information content (AvgIpc) is 2.85. The highest BCUT2D eigenvalue weighted by Crippen LogP contribution is 2.43. The van der Waals surface area contributed by atoms with E-state index in [1.165, 1.54) is 12.3 Å². The summed E-state index contributed by atoms with van der Waals surface area (Å²) in [5, 5.41) is 2.55. The van der Waals surface area contributed by atoms with Crippen molar-refractivity contribution in [3.05, 3.63) is 63.1 Å². The second-order valence-corrected chi connectivity index (χ2v) is 9.67.